The lowest BCUT2D eigenvalue weighted by molar-refractivity contribution is -0.124. The third kappa shape index (κ3) is 5.53. The fourth-order valence-corrected chi connectivity index (χ4v) is 2.44. The molecule has 0 aliphatic heterocycles. The SMILES string of the molecule is CC(C)C(=O)NCCN(C)C1CCCCCC1. The molecule has 1 amide bonds. The van der Waals surface area contributed by atoms with Crippen LogP contribution in [-0.2, 0) is 4.79 Å². The van der Waals surface area contributed by atoms with E-state index in [4.69, 9.17) is 0 Å². The number of rotatable bonds is 5. The Bertz CT molecular complexity index is 220. The van der Waals surface area contributed by atoms with Gasteiger partial charge >= 0.3 is 0 Å². The molecule has 100 valence electrons. The van der Waals surface area contributed by atoms with Gasteiger partial charge in [0.2, 0.25) is 5.91 Å². The third-order valence-corrected chi connectivity index (χ3v) is 3.74. The summed E-state index contributed by atoms with van der Waals surface area (Å²) < 4.78 is 0. The summed E-state index contributed by atoms with van der Waals surface area (Å²) in [5.74, 6) is 0.262. The minimum atomic E-state index is 0.0955. The normalized spacial score (nSPS) is 18.4. The van der Waals surface area contributed by atoms with Gasteiger partial charge in [-0.15, -0.1) is 0 Å². The first kappa shape index (κ1) is 14.5. The number of carbonyl (C=O) groups is 1. The first-order valence-corrected chi connectivity index (χ1v) is 7.09. The van der Waals surface area contributed by atoms with Crippen LogP contribution in [0.15, 0.2) is 0 Å². The largest absolute Gasteiger partial charge is 0.355 e. The molecule has 1 rings (SSSR count). The molecule has 0 aromatic heterocycles. The molecule has 0 unspecified atom stereocenters. The molecule has 0 heterocycles. The van der Waals surface area contributed by atoms with Gasteiger partial charge in [-0.3, -0.25) is 4.79 Å². The topological polar surface area (TPSA) is 32.3 Å². The number of likely N-dealkylation sites (N-methyl/N-ethyl adjacent to an activating group) is 1. The van der Waals surface area contributed by atoms with Crippen LogP contribution in [0.1, 0.15) is 52.4 Å². The molecule has 1 N–H and O–H groups in total. The second-order valence-electron chi connectivity index (χ2n) is 5.57. The predicted molar refractivity (Wildman–Crippen MR) is 72.0 cm³/mol. The minimum Gasteiger partial charge on any atom is -0.355 e. The monoisotopic (exact) mass is 240 g/mol. The molecular formula is C14H28N2O. The first-order chi connectivity index (χ1) is 8.11. The summed E-state index contributed by atoms with van der Waals surface area (Å²) in [4.78, 5) is 13.8. The van der Waals surface area contributed by atoms with E-state index in [9.17, 15) is 4.79 Å². The maximum atomic E-state index is 11.4. The maximum absolute atomic E-state index is 11.4. The van der Waals surface area contributed by atoms with Crippen molar-refractivity contribution in [1.29, 1.82) is 0 Å². The van der Waals surface area contributed by atoms with Gasteiger partial charge in [0.15, 0.2) is 0 Å². The van der Waals surface area contributed by atoms with Crippen LogP contribution in [0, 0.1) is 5.92 Å². The molecule has 1 saturated carbocycles. The molecule has 3 nitrogen and oxygen atoms in total. The Hall–Kier alpha value is -0.570. The van der Waals surface area contributed by atoms with Crippen LogP contribution >= 0.6 is 0 Å². The highest BCUT2D eigenvalue weighted by Gasteiger charge is 2.16. The smallest absolute Gasteiger partial charge is 0.222 e. The highest BCUT2D eigenvalue weighted by molar-refractivity contribution is 5.77. The number of amides is 1. The van der Waals surface area contributed by atoms with Crippen molar-refractivity contribution in [2.24, 2.45) is 5.92 Å². The van der Waals surface area contributed by atoms with Crippen molar-refractivity contribution >= 4 is 5.91 Å². The van der Waals surface area contributed by atoms with Crippen LogP contribution in [-0.4, -0.2) is 37.0 Å². The van der Waals surface area contributed by atoms with Gasteiger partial charge in [-0.2, -0.15) is 0 Å². The third-order valence-electron chi connectivity index (χ3n) is 3.74. The summed E-state index contributed by atoms with van der Waals surface area (Å²) in [6.45, 7) is 5.63. The fourth-order valence-electron chi connectivity index (χ4n) is 2.44. The van der Waals surface area contributed by atoms with Gasteiger partial charge in [0.05, 0.1) is 0 Å². The quantitative estimate of drug-likeness (QED) is 0.749. The Morgan fingerprint density at radius 1 is 1.24 bits per heavy atom. The van der Waals surface area contributed by atoms with Crippen molar-refractivity contribution in [3.63, 3.8) is 0 Å². The Labute approximate surface area is 106 Å². The van der Waals surface area contributed by atoms with Crippen molar-refractivity contribution in [3.8, 4) is 0 Å². The summed E-state index contributed by atoms with van der Waals surface area (Å²) >= 11 is 0. The van der Waals surface area contributed by atoms with E-state index in [1.807, 2.05) is 13.8 Å². The summed E-state index contributed by atoms with van der Waals surface area (Å²) in [6, 6.07) is 0.730. The minimum absolute atomic E-state index is 0.0955. The molecule has 1 aliphatic carbocycles. The lowest BCUT2D eigenvalue weighted by atomic mass is 10.1. The second-order valence-corrected chi connectivity index (χ2v) is 5.57. The maximum Gasteiger partial charge on any atom is 0.222 e. The molecule has 0 aromatic rings. The number of nitrogens with zero attached hydrogens (tertiary/aromatic N) is 1. The fraction of sp³-hybridized carbons (Fsp3) is 0.929. The molecule has 1 aliphatic rings. The lowest BCUT2D eigenvalue weighted by Gasteiger charge is -2.27. The van der Waals surface area contributed by atoms with Crippen LogP contribution in [0.25, 0.3) is 0 Å². The predicted octanol–water partition coefficient (Wildman–Crippen LogP) is 2.41. The van der Waals surface area contributed by atoms with E-state index >= 15 is 0 Å². The van der Waals surface area contributed by atoms with E-state index in [0.717, 1.165) is 19.1 Å². The van der Waals surface area contributed by atoms with Gasteiger partial charge in [0.1, 0.15) is 0 Å². The van der Waals surface area contributed by atoms with Gasteiger partial charge in [0.25, 0.3) is 0 Å². The average Bonchev–Trinajstić information content (AvgIpc) is 2.57. The zero-order valence-corrected chi connectivity index (χ0v) is 11.7. The van der Waals surface area contributed by atoms with Crippen LogP contribution in [0.3, 0.4) is 0 Å². The highest BCUT2D eigenvalue weighted by Crippen LogP contribution is 2.20. The molecule has 0 atom stereocenters. The number of hydrogen-bond acceptors (Lipinski definition) is 2. The van der Waals surface area contributed by atoms with Gasteiger partial charge in [-0.25, -0.2) is 0 Å². The Morgan fingerprint density at radius 2 is 1.82 bits per heavy atom. The molecule has 17 heavy (non-hydrogen) atoms. The lowest BCUT2D eigenvalue weighted by Crippen LogP contribution is -2.39. The Morgan fingerprint density at radius 3 is 2.35 bits per heavy atom. The van der Waals surface area contributed by atoms with E-state index in [0.29, 0.717) is 0 Å². The van der Waals surface area contributed by atoms with Crippen molar-refractivity contribution < 1.29 is 4.79 Å². The molecule has 3 heteroatoms. The van der Waals surface area contributed by atoms with Crippen LogP contribution in [0.4, 0.5) is 0 Å². The van der Waals surface area contributed by atoms with E-state index in [1.165, 1.54) is 38.5 Å². The van der Waals surface area contributed by atoms with Crippen molar-refractivity contribution in [1.82, 2.24) is 10.2 Å². The zero-order valence-electron chi connectivity index (χ0n) is 11.7. The number of hydrogen-bond donors (Lipinski definition) is 1. The standard InChI is InChI=1S/C14H28N2O/c1-12(2)14(17)15-10-11-16(3)13-8-6-4-5-7-9-13/h12-13H,4-11H2,1-3H3,(H,15,17). The van der Waals surface area contributed by atoms with E-state index < -0.39 is 0 Å². The summed E-state index contributed by atoms with van der Waals surface area (Å²) in [7, 11) is 2.19. The van der Waals surface area contributed by atoms with E-state index in [2.05, 4.69) is 17.3 Å². The molecule has 0 bridgehead atoms. The molecule has 0 saturated heterocycles. The molecule has 0 aromatic carbocycles. The van der Waals surface area contributed by atoms with Crippen LogP contribution in [0.2, 0.25) is 0 Å². The van der Waals surface area contributed by atoms with Gasteiger partial charge < -0.3 is 10.2 Å². The van der Waals surface area contributed by atoms with Crippen molar-refractivity contribution in [3.05, 3.63) is 0 Å². The molecule has 0 spiro atoms. The average molecular weight is 240 g/mol. The number of carbonyl (C=O) groups excluding carboxylic acids is 1. The number of nitrogens with one attached hydrogen (secondary N) is 1. The van der Waals surface area contributed by atoms with Crippen molar-refractivity contribution in [2.45, 2.75) is 58.4 Å². The Kier molecular flexibility index (Phi) is 6.56. The first-order valence-electron chi connectivity index (χ1n) is 7.09. The Balaban J connectivity index is 2.19. The van der Waals surface area contributed by atoms with Gasteiger partial charge in [-0.05, 0) is 19.9 Å². The van der Waals surface area contributed by atoms with Gasteiger partial charge in [0, 0.05) is 25.0 Å². The summed E-state index contributed by atoms with van der Waals surface area (Å²) in [6.07, 6.45) is 8.19. The van der Waals surface area contributed by atoms with Gasteiger partial charge in [-0.1, -0.05) is 39.5 Å². The molecule has 0 radical (unpaired) electrons. The van der Waals surface area contributed by atoms with Crippen LogP contribution < -0.4 is 5.32 Å². The zero-order chi connectivity index (χ0) is 12.7. The van der Waals surface area contributed by atoms with E-state index in [1.54, 1.807) is 0 Å². The summed E-state index contributed by atoms with van der Waals surface area (Å²) in [5.41, 5.74) is 0. The molecule has 1 fully saturated rings. The van der Waals surface area contributed by atoms with Crippen LogP contribution in [0.5, 0.6) is 0 Å². The highest BCUT2D eigenvalue weighted by atomic mass is 16.1. The second kappa shape index (κ2) is 7.70. The van der Waals surface area contributed by atoms with Crippen molar-refractivity contribution in [2.75, 3.05) is 20.1 Å². The van der Waals surface area contributed by atoms with E-state index in [-0.39, 0.29) is 11.8 Å². The summed E-state index contributed by atoms with van der Waals surface area (Å²) in [5, 5.41) is 2.99. The molecular weight excluding hydrogens is 212 g/mol.